The summed E-state index contributed by atoms with van der Waals surface area (Å²) < 4.78 is 8.46. The number of rotatable bonds is 3. The van der Waals surface area contributed by atoms with E-state index < -0.39 is 23.7 Å². The van der Waals surface area contributed by atoms with Gasteiger partial charge in [0.15, 0.2) is 0 Å². The van der Waals surface area contributed by atoms with E-state index in [1.807, 2.05) is 55.5 Å². The summed E-state index contributed by atoms with van der Waals surface area (Å²) in [5, 5.41) is 1.38. The van der Waals surface area contributed by atoms with Crippen LogP contribution in [0.3, 0.4) is 0 Å². The van der Waals surface area contributed by atoms with Crippen LogP contribution >= 0.6 is 11.3 Å². The standard InChI is InChI=1S/C15H10O3S.C6H5.Bi.H/c1-8-2-5-12-11(6-8)14(16)10-4-3-9(15(17)18)7-13(10)19-12;1-2-4-6-5-3-1;;/h2-7H,1H3,(H,17,18);1-5H;;/q;;+1;/p-1. The normalized spacial score (nSPS) is 11.0. The van der Waals surface area contributed by atoms with Gasteiger partial charge in [-0.05, 0) is 0 Å². The molecule has 3 aromatic carbocycles. The van der Waals surface area contributed by atoms with E-state index in [9.17, 15) is 9.59 Å². The number of fused-ring (bicyclic) bond motifs is 2. The fourth-order valence-corrected chi connectivity index (χ4v) is 6.41. The molecule has 0 bridgehead atoms. The fraction of sp³-hybridized carbons (Fsp3) is 0.0476. The molecule has 0 radical (unpaired) electrons. The van der Waals surface area contributed by atoms with E-state index in [0.717, 1.165) is 23.6 Å². The van der Waals surface area contributed by atoms with Gasteiger partial charge in [0.1, 0.15) is 0 Å². The first-order valence-corrected chi connectivity index (χ1v) is 12.5. The van der Waals surface area contributed by atoms with Gasteiger partial charge in [0.05, 0.1) is 0 Å². The van der Waals surface area contributed by atoms with Crippen LogP contribution < -0.4 is 8.70 Å². The maximum atomic E-state index is 12.7. The molecule has 0 atom stereocenters. The summed E-state index contributed by atoms with van der Waals surface area (Å²) in [6.45, 7) is 1.98. The SMILES string of the molecule is Cc1ccc2sc3cc(C(=O)[O][BiH][c]4ccccc4)ccc3c(=O)c2c1. The second-order valence-corrected chi connectivity index (χ2v) is 10.9. The summed E-state index contributed by atoms with van der Waals surface area (Å²) in [5.41, 5.74) is 1.58. The molecular formula is C21H15BiO3S. The number of hydrogen-bond donors (Lipinski definition) is 0. The molecule has 0 amide bonds. The third-order valence-electron chi connectivity index (χ3n) is 4.10. The zero-order chi connectivity index (χ0) is 18.1. The molecule has 0 unspecified atom stereocenters. The number of carbonyl (C=O) groups excluding carboxylic acids is 1. The Morgan fingerprint density at radius 3 is 2.54 bits per heavy atom. The van der Waals surface area contributed by atoms with Crippen LogP contribution in [0, 0.1) is 6.92 Å². The van der Waals surface area contributed by atoms with Gasteiger partial charge in [0.25, 0.3) is 0 Å². The Labute approximate surface area is 166 Å². The molecule has 1 heterocycles. The predicted molar refractivity (Wildman–Crippen MR) is 109 cm³/mol. The van der Waals surface area contributed by atoms with Gasteiger partial charge in [-0.2, -0.15) is 0 Å². The van der Waals surface area contributed by atoms with Crippen molar-refractivity contribution in [2.45, 2.75) is 6.92 Å². The zero-order valence-electron chi connectivity index (χ0n) is 14.0. The van der Waals surface area contributed by atoms with Crippen molar-refractivity contribution in [3.05, 3.63) is 88.1 Å². The van der Waals surface area contributed by atoms with Crippen molar-refractivity contribution in [1.82, 2.24) is 0 Å². The monoisotopic (exact) mass is 556 g/mol. The molecule has 26 heavy (non-hydrogen) atoms. The zero-order valence-corrected chi connectivity index (χ0v) is 18.7. The first-order valence-electron chi connectivity index (χ1n) is 8.11. The van der Waals surface area contributed by atoms with Crippen molar-refractivity contribution in [1.29, 1.82) is 0 Å². The van der Waals surface area contributed by atoms with Crippen LogP contribution in [0.25, 0.3) is 20.2 Å². The molecule has 4 aromatic rings. The molecule has 0 saturated carbocycles. The van der Waals surface area contributed by atoms with Crippen LogP contribution in [0.5, 0.6) is 0 Å². The van der Waals surface area contributed by atoms with Crippen LogP contribution in [0.4, 0.5) is 0 Å². The van der Waals surface area contributed by atoms with Crippen LogP contribution in [0.2, 0.25) is 0 Å². The Balaban J connectivity index is 1.68. The first-order chi connectivity index (χ1) is 12.6. The number of benzene rings is 3. The molecule has 5 heteroatoms. The van der Waals surface area contributed by atoms with Gasteiger partial charge < -0.3 is 0 Å². The summed E-state index contributed by atoms with van der Waals surface area (Å²) >= 11 is -0.114. The second kappa shape index (κ2) is 7.26. The third-order valence-corrected chi connectivity index (χ3v) is 8.56. The molecule has 0 saturated heterocycles. The van der Waals surface area contributed by atoms with Gasteiger partial charge >= 0.3 is 167 Å². The molecule has 0 aliphatic carbocycles. The summed E-state index contributed by atoms with van der Waals surface area (Å²) in [6, 6.07) is 20.9. The second-order valence-electron chi connectivity index (χ2n) is 6.00. The molecule has 4 rings (SSSR count). The van der Waals surface area contributed by atoms with E-state index >= 15 is 0 Å². The average Bonchev–Trinajstić information content (AvgIpc) is 2.67. The quantitative estimate of drug-likeness (QED) is 0.287. The fourth-order valence-electron chi connectivity index (χ4n) is 2.77. The maximum absolute atomic E-state index is 12.7. The van der Waals surface area contributed by atoms with E-state index in [2.05, 4.69) is 0 Å². The molecule has 0 fully saturated rings. The van der Waals surface area contributed by atoms with E-state index in [1.165, 1.54) is 11.3 Å². The molecule has 3 nitrogen and oxygen atoms in total. The van der Waals surface area contributed by atoms with E-state index in [4.69, 9.17) is 2.81 Å². The van der Waals surface area contributed by atoms with Gasteiger partial charge in [-0.1, -0.05) is 0 Å². The Morgan fingerprint density at radius 2 is 1.73 bits per heavy atom. The molecule has 0 aliphatic heterocycles. The van der Waals surface area contributed by atoms with Gasteiger partial charge in [-0.3, -0.25) is 0 Å². The Morgan fingerprint density at radius 1 is 0.923 bits per heavy atom. The van der Waals surface area contributed by atoms with Crippen LogP contribution in [0.1, 0.15) is 15.9 Å². The summed E-state index contributed by atoms with van der Waals surface area (Å²) in [7, 11) is 0. The summed E-state index contributed by atoms with van der Waals surface area (Å²) in [5.74, 6) is -0.303. The van der Waals surface area contributed by atoms with Crippen LogP contribution in [-0.2, 0) is 2.81 Å². The van der Waals surface area contributed by atoms with Gasteiger partial charge in [-0.15, -0.1) is 0 Å². The molecule has 0 spiro atoms. The van der Waals surface area contributed by atoms with E-state index in [0.29, 0.717) is 10.9 Å². The van der Waals surface area contributed by atoms with E-state index in [1.54, 1.807) is 18.2 Å². The molecule has 0 aliphatic rings. The molecule has 1 aromatic heterocycles. The van der Waals surface area contributed by atoms with Crippen molar-refractivity contribution in [2.24, 2.45) is 0 Å². The predicted octanol–water partition coefficient (Wildman–Crippen LogP) is 3.56. The first kappa shape index (κ1) is 17.3. The molecule has 0 N–H and O–H groups in total. The van der Waals surface area contributed by atoms with Gasteiger partial charge in [0.2, 0.25) is 0 Å². The average molecular weight is 556 g/mol. The number of carbonyl (C=O) groups is 1. The number of hydrogen-bond acceptors (Lipinski definition) is 4. The molecule has 128 valence electrons. The van der Waals surface area contributed by atoms with Gasteiger partial charge in [-0.25, -0.2) is 0 Å². The Kier molecular flexibility index (Phi) is 4.84. The van der Waals surface area contributed by atoms with Gasteiger partial charge in [0, 0.05) is 0 Å². The number of aryl methyl sites for hydroxylation is 1. The third kappa shape index (κ3) is 3.42. The van der Waals surface area contributed by atoms with Crippen molar-refractivity contribution < 1.29 is 7.61 Å². The van der Waals surface area contributed by atoms with Crippen molar-refractivity contribution in [3.8, 4) is 0 Å². The minimum atomic E-state index is -1.64. The minimum absolute atomic E-state index is 0.0137. The Bertz CT molecular complexity index is 1180. The van der Waals surface area contributed by atoms with Crippen molar-refractivity contribution in [2.75, 3.05) is 0 Å². The van der Waals surface area contributed by atoms with E-state index in [-0.39, 0.29) is 11.4 Å². The summed E-state index contributed by atoms with van der Waals surface area (Å²) in [6.07, 6.45) is 0. The molecular weight excluding hydrogens is 541 g/mol. The summed E-state index contributed by atoms with van der Waals surface area (Å²) in [4.78, 5) is 25.1. The van der Waals surface area contributed by atoms with Crippen LogP contribution in [0.15, 0.2) is 71.5 Å². The van der Waals surface area contributed by atoms with Crippen molar-refractivity contribution in [3.63, 3.8) is 0 Å². The van der Waals surface area contributed by atoms with Crippen molar-refractivity contribution >= 4 is 64.4 Å². The topological polar surface area (TPSA) is 43.4 Å². The Hall–Kier alpha value is -2.10. The van der Waals surface area contributed by atoms with Crippen LogP contribution in [-0.4, -0.2) is 29.6 Å².